The van der Waals surface area contributed by atoms with Gasteiger partial charge in [0.2, 0.25) is 5.91 Å². The molecule has 0 saturated heterocycles. The lowest BCUT2D eigenvalue weighted by atomic mass is 10.0. The van der Waals surface area contributed by atoms with Crippen LogP contribution in [0.15, 0.2) is 58.5 Å². The molecule has 28 heavy (non-hydrogen) atoms. The van der Waals surface area contributed by atoms with Gasteiger partial charge in [-0.25, -0.2) is 4.98 Å². The van der Waals surface area contributed by atoms with Gasteiger partial charge in [-0.3, -0.25) is 4.79 Å². The summed E-state index contributed by atoms with van der Waals surface area (Å²) >= 11 is 1.60. The summed E-state index contributed by atoms with van der Waals surface area (Å²) in [6.45, 7) is 0.438. The Morgan fingerprint density at radius 3 is 2.82 bits per heavy atom. The highest BCUT2D eigenvalue weighted by Gasteiger charge is 2.17. The summed E-state index contributed by atoms with van der Waals surface area (Å²) < 4.78 is 5.70. The van der Waals surface area contributed by atoms with Gasteiger partial charge in [-0.15, -0.1) is 11.3 Å². The number of nitrogens with one attached hydrogen (secondary N) is 1. The van der Waals surface area contributed by atoms with Gasteiger partial charge < -0.3 is 9.73 Å². The zero-order valence-electron chi connectivity index (χ0n) is 15.4. The Balaban J connectivity index is 1.25. The summed E-state index contributed by atoms with van der Waals surface area (Å²) in [6, 6.07) is 14.4. The lowest BCUT2D eigenvalue weighted by Crippen LogP contribution is -2.24. The average molecular weight is 388 g/mol. The number of thiazole rings is 1. The standard InChI is InChI=1S/C23H20N2O2S/c26-22(24-12-19-14-28-23(25-19)15-5-2-1-3-6-15)11-18-13-27-21-10-17-8-4-7-16(17)9-20(18)21/h1-3,5-6,9-10,13-14H,4,7-8,11-12H2,(H,24,26). The van der Waals surface area contributed by atoms with E-state index in [1.54, 1.807) is 17.6 Å². The summed E-state index contributed by atoms with van der Waals surface area (Å²) in [5.41, 5.74) is 6.59. The second-order valence-corrected chi connectivity index (χ2v) is 8.05. The van der Waals surface area contributed by atoms with E-state index in [0.29, 0.717) is 13.0 Å². The Bertz CT molecular complexity index is 1140. The third-order valence-corrected chi connectivity index (χ3v) is 6.20. The topological polar surface area (TPSA) is 55.1 Å². The average Bonchev–Trinajstić information content (AvgIpc) is 3.45. The van der Waals surface area contributed by atoms with Crippen molar-refractivity contribution < 1.29 is 9.21 Å². The summed E-state index contributed by atoms with van der Waals surface area (Å²) in [5, 5.41) is 7.02. The first-order valence-electron chi connectivity index (χ1n) is 9.55. The van der Waals surface area contributed by atoms with Gasteiger partial charge >= 0.3 is 0 Å². The van der Waals surface area contributed by atoms with E-state index in [9.17, 15) is 4.79 Å². The number of carbonyl (C=O) groups is 1. The van der Waals surface area contributed by atoms with Gasteiger partial charge in [-0.1, -0.05) is 30.3 Å². The van der Waals surface area contributed by atoms with Gasteiger partial charge in [0.15, 0.2) is 0 Å². The molecule has 0 radical (unpaired) electrons. The zero-order valence-corrected chi connectivity index (χ0v) is 16.2. The first kappa shape index (κ1) is 17.2. The largest absolute Gasteiger partial charge is 0.464 e. The first-order valence-corrected chi connectivity index (χ1v) is 10.4. The molecule has 1 amide bonds. The van der Waals surface area contributed by atoms with Crippen LogP contribution in [-0.2, 0) is 30.6 Å². The van der Waals surface area contributed by atoms with E-state index < -0.39 is 0 Å². The van der Waals surface area contributed by atoms with Crippen LogP contribution in [0.1, 0.15) is 28.8 Å². The van der Waals surface area contributed by atoms with Gasteiger partial charge in [-0.2, -0.15) is 0 Å². The minimum atomic E-state index is -0.0162. The molecule has 0 saturated carbocycles. The molecule has 1 N–H and O–H groups in total. The fourth-order valence-electron chi connectivity index (χ4n) is 3.81. The molecule has 0 unspecified atom stereocenters. The maximum atomic E-state index is 12.5. The molecule has 0 aliphatic heterocycles. The summed E-state index contributed by atoms with van der Waals surface area (Å²) in [7, 11) is 0. The molecule has 5 heteroatoms. The molecule has 0 atom stereocenters. The van der Waals surface area contributed by atoms with Crippen molar-refractivity contribution in [2.75, 3.05) is 0 Å². The molecule has 0 spiro atoms. The third kappa shape index (κ3) is 3.34. The fraction of sp³-hybridized carbons (Fsp3) is 0.217. The predicted molar refractivity (Wildman–Crippen MR) is 111 cm³/mol. The highest BCUT2D eigenvalue weighted by molar-refractivity contribution is 7.13. The third-order valence-electron chi connectivity index (χ3n) is 5.26. The van der Waals surface area contributed by atoms with Crippen LogP contribution in [0.4, 0.5) is 0 Å². The summed E-state index contributed by atoms with van der Waals surface area (Å²) in [4.78, 5) is 17.1. The van der Waals surface area contributed by atoms with Crippen LogP contribution in [-0.4, -0.2) is 10.9 Å². The molecule has 140 valence electrons. The number of furan rings is 1. The van der Waals surface area contributed by atoms with E-state index in [2.05, 4.69) is 22.4 Å². The van der Waals surface area contributed by atoms with Crippen molar-refractivity contribution in [3.63, 3.8) is 0 Å². The number of carbonyl (C=O) groups excluding carboxylic acids is 1. The molecule has 4 aromatic rings. The number of fused-ring (bicyclic) bond motifs is 2. The fourth-order valence-corrected chi connectivity index (χ4v) is 4.64. The Kier molecular flexibility index (Phi) is 4.45. The SMILES string of the molecule is O=C(Cc1coc2cc3c(cc12)CCC3)NCc1csc(-c2ccccc2)n1. The van der Waals surface area contributed by atoms with E-state index in [1.807, 2.05) is 35.7 Å². The smallest absolute Gasteiger partial charge is 0.224 e. The molecule has 0 fully saturated rings. The van der Waals surface area contributed by atoms with Crippen molar-refractivity contribution in [1.29, 1.82) is 0 Å². The van der Waals surface area contributed by atoms with Crippen LogP contribution in [0, 0.1) is 0 Å². The maximum absolute atomic E-state index is 12.5. The van der Waals surface area contributed by atoms with Crippen molar-refractivity contribution in [3.8, 4) is 10.6 Å². The van der Waals surface area contributed by atoms with Gasteiger partial charge in [0.05, 0.1) is 24.9 Å². The van der Waals surface area contributed by atoms with Gasteiger partial charge in [0.25, 0.3) is 0 Å². The maximum Gasteiger partial charge on any atom is 0.224 e. The highest BCUT2D eigenvalue weighted by atomic mass is 32.1. The molecular formula is C23H20N2O2S. The Morgan fingerprint density at radius 2 is 1.96 bits per heavy atom. The molecule has 2 aromatic heterocycles. The Labute approximate surface area is 167 Å². The van der Waals surface area contributed by atoms with E-state index in [4.69, 9.17) is 4.42 Å². The van der Waals surface area contributed by atoms with Crippen molar-refractivity contribution in [2.24, 2.45) is 0 Å². The Hall–Kier alpha value is -2.92. The lowest BCUT2D eigenvalue weighted by Gasteiger charge is -2.03. The second-order valence-electron chi connectivity index (χ2n) is 7.20. The minimum Gasteiger partial charge on any atom is -0.464 e. The number of nitrogens with zero attached hydrogens (tertiary/aromatic N) is 1. The van der Waals surface area contributed by atoms with Crippen LogP contribution < -0.4 is 5.32 Å². The van der Waals surface area contributed by atoms with E-state index in [-0.39, 0.29) is 5.91 Å². The number of amides is 1. The quantitative estimate of drug-likeness (QED) is 0.529. The van der Waals surface area contributed by atoms with Crippen molar-refractivity contribution in [3.05, 3.63) is 76.5 Å². The number of aromatic nitrogens is 1. The van der Waals surface area contributed by atoms with Gasteiger partial charge in [-0.05, 0) is 42.5 Å². The molecule has 1 aliphatic rings. The normalized spacial score (nSPS) is 13.0. The molecule has 1 aliphatic carbocycles. The Morgan fingerprint density at radius 1 is 1.14 bits per heavy atom. The predicted octanol–water partition coefficient (Wildman–Crippen LogP) is 4.90. The van der Waals surface area contributed by atoms with Gasteiger partial charge in [0, 0.05) is 21.9 Å². The molecule has 4 nitrogen and oxygen atoms in total. The molecule has 0 bridgehead atoms. The van der Waals surface area contributed by atoms with Crippen molar-refractivity contribution >= 4 is 28.2 Å². The number of aryl methyl sites for hydroxylation is 2. The second kappa shape index (κ2) is 7.24. The number of rotatable bonds is 5. The monoisotopic (exact) mass is 388 g/mol. The van der Waals surface area contributed by atoms with Crippen LogP contribution in [0.25, 0.3) is 21.5 Å². The van der Waals surface area contributed by atoms with Crippen LogP contribution >= 0.6 is 11.3 Å². The van der Waals surface area contributed by atoms with Crippen LogP contribution in [0.2, 0.25) is 0 Å². The van der Waals surface area contributed by atoms with E-state index >= 15 is 0 Å². The van der Waals surface area contributed by atoms with Crippen molar-refractivity contribution in [2.45, 2.75) is 32.2 Å². The number of benzene rings is 2. The van der Waals surface area contributed by atoms with Crippen molar-refractivity contribution in [1.82, 2.24) is 10.3 Å². The van der Waals surface area contributed by atoms with E-state index in [0.717, 1.165) is 45.6 Å². The molecule has 2 aromatic carbocycles. The summed E-state index contributed by atoms with van der Waals surface area (Å²) in [5.74, 6) is -0.0162. The minimum absolute atomic E-state index is 0.0162. The molecular weight excluding hydrogens is 368 g/mol. The molecule has 5 rings (SSSR count). The molecule has 2 heterocycles. The van der Waals surface area contributed by atoms with Crippen LogP contribution in [0.3, 0.4) is 0 Å². The van der Waals surface area contributed by atoms with E-state index in [1.165, 1.54) is 17.5 Å². The van der Waals surface area contributed by atoms with Gasteiger partial charge in [0.1, 0.15) is 10.6 Å². The first-order chi connectivity index (χ1) is 13.8. The zero-order chi connectivity index (χ0) is 18.9. The summed E-state index contributed by atoms with van der Waals surface area (Å²) in [6.07, 6.45) is 5.49. The number of hydrogen-bond acceptors (Lipinski definition) is 4. The number of hydrogen-bond donors (Lipinski definition) is 1. The van der Waals surface area contributed by atoms with Crippen LogP contribution in [0.5, 0.6) is 0 Å². The lowest BCUT2D eigenvalue weighted by molar-refractivity contribution is -0.120. The highest BCUT2D eigenvalue weighted by Crippen LogP contribution is 2.30.